The normalized spacial score (nSPS) is 10.7. The fourth-order valence-corrected chi connectivity index (χ4v) is 4.80. The summed E-state index contributed by atoms with van der Waals surface area (Å²) in [5.41, 5.74) is 10.2. The molecule has 0 aliphatic heterocycles. The molecule has 9 heteroatoms. The van der Waals surface area contributed by atoms with Gasteiger partial charge in [0.05, 0.1) is 18.7 Å². The highest BCUT2D eigenvalue weighted by Gasteiger charge is 2.14. The van der Waals surface area contributed by atoms with Crippen molar-refractivity contribution in [3.8, 4) is 23.0 Å². The molecule has 0 saturated heterocycles. The summed E-state index contributed by atoms with van der Waals surface area (Å²) in [4.78, 5) is 27.6. The first-order chi connectivity index (χ1) is 23.4. The summed E-state index contributed by atoms with van der Waals surface area (Å²) in [5.74, 6) is 0.0624. The number of carbonyl (C=O) groups is 2. The van der Waals surface area contributed by atoms with E-state index in [0.717, 1.165) is 29.8 Å². The second-order valence-corrected chi connectivity index (χ2v) is 11.9. The molecule has 0 aromatic heterocycles. The zero-order valence-corrected chi connectivity index (χ0v) is 29.6. The topological polar surface area (TPSA) is 153 Å². The van der Waals surface area contributed by atoms with Gasteiger partial charge in [0, 0.05) is 40.1 Å². The Kier molecular flexibility index (Phi) is 17.4. The first kappa shape index (κ1) is 40.3. The van der Waals surface area contributed by atoms with Gasteiger partial charge >= 0.3 is 0 Å². The lowest BCUT2D eigenvalue weighted by atomic mass is 10.0. The van der Waals surface area contributed by atoms with Crippen molar-refractivity contribution >= 4 is 34.4 Å². The quantitative estimate of drug-likeness (QED) is 0.0544. The average Bonchev–Trinajstić information content (AvgIpc) is 3.13. The molecule has 0 unspecified atom stereocenters. The van der Waals surface area contributed by atoms with Gasteiger partial charge in [-0.05, 0) is 74.9 Å². The number of hydrogen-bond donors (Lipinski definition) is 5. The van der Waals surface area contributed by atoms with Crippen molar-refractivity contribution in [1.82, 2.24) is 0 Å². The van der Waals surface area contributed by atoms with Gasteiger partial charge < -0.3 is 26.2 Å². The van der Waals surface area contributed by atoms with E-state index in [1.54, 1.807) is 32.9 Å². The van der Waals surface area contributed by atoms with Crippen LogP contribution in [-0.2, 0) is 17.6 Å². The maximum atomic E-state index is 11.3. The lowest BCUT2D eigenvalue weighted by Gasteiger charge is -2.11. The molecule has 0 bridgehead atoms. The number of phenolic OH excluding ortho intramolecular Hbond substituents is 4. The second kappa shape index (κ2) is 21.2. The SMILES string of the molecule is CCC(=NCC(=S)CCc1ccccc1)c1ccc(O)c(C)c1O.CCC(=O)c1ccc(O)c(C)c1O.NCC(=O)CCc1ccccc1. The summed E-state index contributed by atoms with van der Waals surface area (Å²) >= 11 is 5.44. The molecular formula is C40H48N2O6S. The minimum Gasteiger partial charge on any atom is -0.508 e. The summed E-state index contributed by atoms with van der Waals surface area (Å²) in [6.45, 7) is 7.61. The number of benzene rings is 4. The maximum absolute atomic E-state index is 11.3. The van der Waals surface area contributed by atoms with E-state index in [-0.39, 0.29) is 46.7 Å². The number of aliphatic imine (C=N–C) groups is 1. The van der Waals surface area contributed by atoms with E-state index in [1.165, 1.54) is 23.3 Å². The van der Waals surface area contributed by atoms with Crippen molar-refractivity contribution in [2.75, 3.05) is 13.1 Å². The maximum Gasteiger partial charge on any atom is 0.166 e. The predicted molar refractivity (Wildman–Crippen MR) is 202 cm³/mol. The molecule has 0 spiro atoms. The highest BCUT2D eigenvalue weighted by atomic mass is 32.1. The molecule has 6 N–H and O–H groups in total. The summed E-state index contributed by atoms with van der Waals surface area (Å²) in [5, 5.41) is 38.6. The van der Waals surface area contributed by atoms with Gasteiger partial charge in [-0.3, -0.25) is 14.6 Å². The summed E-state index contributed by atoms with van der Waals surface area (Å²) in [6.07, 6.45) is 4.13. The summed E-state index contributed by atoms with van der Waals surface area (Å²) in [7, 11) is 0. The molecule has 4 aromatic rings. The molecular weight excluding hydrogens is 637 g/mol. The van der Waals surface area contributed by atoms with Crippen LogP contribution in [0.3, 0.4) is 0 Å². The van der Waals surface area contributed by atoms with Crippen molar-refractivity contribution < 1.29 is 30.0 Å². The van der Waals surface area contributed by atoms with E-state index in [1.807, 2.05) is 55.5 Å². The van der Waals surface area contributed by atoms with Crippen LogP contribution in [0.2, 0.25) is 0 Å². The van der Waals surface area contributed by atoms with E-state index in [2.05, 4.69) is 17.1 Å². The zero-order valence-electron chi connectivity index (χ0n) is 28.8. The Bertz CT molecular complexity index is 1710. The standard InChI is InChI=1S/C20H23NO2S.C10H13NO.C10H12O3/c1-3-18(17-11-12-19(22)14(2)20(17)23)21-13-16(24)10-9-15-7-5-4-6-8-15;11-8-10(12)7-6-9-4-2-1-3-5-9;1-3-8(11)7-4-5-9(12)6(2)10(7)13/h4-8,11-12,22-23H,3,9-10,13H2,1-2H3;1-5H,6-8,11H2;4-5,12-13H,3H2,1-2H3. The van der Waals surface area contributed by atoms with Crippen LogP contribution >= 0.6 is 12.2 Å². The Morgan fingerprint density at radius 3 is 1.61 bits per heavy atom. The number of aromatic hydroxyl groups is 4. The molecule has 0 heterocycles. The van der Waals surface area contributed by atoms with E-state index >= 15 is 0 Å². The number of thiocarbonyl (C=S) groups is 1. The fourth-order valence-electron chi connectivity index (χ4n) is 4.64. The highest BCUT2D eigenvalue weighted by molar-refractivity contribution is 7.80. The van der Waals surface area contributed by atoms with Gasteiger partial charge in [0.15, 0.2) is 5.78 Å². The van der Waals surface area contributed by atoms with Crippen molar-refractivity contribution in [3.05, 3.63) is 118 Å². The van der Waals surface area contributed by atoms with Crippen molar-refractivity contribution in [2.24, 2.45) is 10.7 Å². The lowest BCUT2D eigenvalue weighted by molar-refractivity contribution is -0.117. The van der Waals surface area contributed by atoms with Crippen LogP contribution in [0.1, 0.15) is 77.7 Å². The second-order valence-electron chi connectivity index (χ2n) is 11.4. The van der Waals surface area contributed by atoms with Crippen molar-refractivity contribution in [1.29, 1.82) is 0 Å². The fraction of sp³-hybridized carbons (Fsp3) is 0.300. The largest absolute Gasteiger partial charge is 0.508 e. The monoisotopic (exact) mass is 684 g/mol. The van der Waals surface area contributed by atoms with Crippen LogP contribution in [0.5, 0.6) is 23.0 Å². The molecule has 8 nitrogen and oxygen atoms in total. The molecule has 0 fully saturated rings. The molecule has 4 aromatic carbocycles. The number of ketones is 2. The van der Waals surface area contributed by atoms with Gasteiger partial charge in [-0.1, -0.05) is 86.7 Å². The molecule has 0 radical (unpaired) electrons. The first-order valence-electron chi connectivity index (χ1n) is 16.3. The van der Waals surface area contributed by atoms with Gasteiger partial charge in [0.2, 0.25) is 0 Å². The molecule has 0 aliphatic rings. The number of Topliss-reactive ketones (excluding diaryl/α,β-unsaturated/α-hetero) is 2. The minimum absolute atomic E-state index is 0.00477. The zero-order chi connectivity index (χ0) is 36.3. The van der Waals surface area contributed by atoms with Crippen molar-refractivity contribution in [2.45, 2.75) is 66.2 Å². The van der Waals surface area contributed by atoms with E-state index in [9.17, 15) is 30.0 Å². The third kappa shape index (κ3) is 13.3. The highest BCUT2D eigenvalue weighted by Crippen LogP contribution is 2.31. The van der Waals surface area contributed by atoms with Crippen LogP contribution in [0.25, 0.3) is 0 Å². The van der Waals surface area contributed by atoms with Gasteiger partial charge in [-0.2, -0.15) is 0 Å². The molecule has 49 heavy (non-hydrogen) atoms. The van der Waals surface area contributed by atoms with Gasteiger partial charge in [0.25, 0.3) is 0 Å². The molecule has 0 amide bonds. The van der Waals surface area contributed by atoms with Crippen LogP contribution in [0, 0.1) is 13.8 Å². The van der Waals surface area contributed by atoms with Crippen LogP contribution in [0.15, 0.2) is 89.9 Å². The number of nitrogens with two attached hydrogens (primary N) is 1. The van der Waals surface area contributed by atoms with Crippen LogP contribution in [-0.4, -0.2) is 55.7 Å². The number of carbonyl (C=O) groups excluding carboxylic acids is 2. The smallest absolute Gasteiger partial charge is 0.166 e. The molecule has 4 rings (SSSR count). The van der Waals surface area contributed by atoms with Crippen molar-refractivity contribution in [3.63, 3.8) is 0 Å². The van der Waals surface area contributed by atoms with Gasteiger partial charge in [-0.15, -0.1) is 0 Å². The molecule has 260 valence electrons. The number of rotatable bonds is 13. The number of aryl methyl sites for hydroxylation is 2. The predicted octanol–water partition coefficient (Wildman–Crippen LogP) is 7.75. The summed E-state index contributed by atoms with van der Waals surface area (Å²) in [6, 6.07) is 26.3. The Hall–Kier alpha value is -4.86. The number of nitrogens with zero attached hydrogens (tertiary/aromatic N) is 1. The first-order valence-corrected chi connectivity index (χ1v) is 16.7. The molecule has 0 aliphatic carbocycles. The molecule has 0 atom stereocenters. The van der Waals surface area contributed by atoms with E-state index in [4.69, 9.17) is 18.0 Å². The lowest BCUT2D eigenvalue weighted by Crippen LogP contribution is -2.13. The third-order valence-electron chi connectivity index (χ3n) is 7.82. The third-order valence-corrected chi connectivity index (χ3v) is 8.15. The van der Waals surface area contributed by atoms with Crippen LogP contribution in [0.4, 0.5) is 0 Å². The Morgan fingerprint density at radius 1 is 0.673 bits per heavy atom. The minimum atomic E-state index is -0.124. The Morgan fingerprint density at radius 2 is 1.14 bits per heavy atom. The van der Waals surface area contributed by atoms with Crippen LogP contribution < -0.4 is 5.73 Å². The Labute approximate surface area is 295 Å². The molecule has 0 saturated carbocycles. The average molecular weight is 685 g/mol. The summed E-state index contributed by atoms with van der Waals surface area (Å²) < 4.78 is 0. The van der Waals surface area contributed by atoms with E-state index < -0.39 is 0 Å². The van der Waals surface area contributed by atoms with E-state index in [0.29, 0.717) is 42.5 Å². The van der Waals surface area contributed by atoms with Gasteiger partial charge in [-0.25, -0.2) is 0 Å². The number of phenols is 4. The van der Waals surface area contributed by atoms with Gasteiger partial charge in [0.1, 0.15) is 28.8 Å². The Balaban J connectivity index is 0.000000281. The number of hydrogen-bond acceptors (Lipinski definition) is 9.